The Balaban J connectivity index is 2.45. The molecule has 0 bridgehead atoms. The Morgan fingerprint density at radius 3 is 2.33 bits per heavy atom. The summed E-state index contributed by atoms with van der Waals surface area (Å²) in [5.41, 5.74) is 0. The number of carbonyl (C=O) groups is 3. The Morgan fingerprint density at radius 2 is 1.70 bits per heavy atom. The number of carbonyl (C=O) groups excluding carboxylic acids is 3. The summed E-state index contributed by atoms with van der Waals surface area (Å²) in [5, 5.41) is 0. The van der Waals surface area contributed by atoms with E-state index in [0.717, 1.165) is 32.1 Å². The van der Waals surface area contributed by atoms with Crippen molar-refractivity contribution >= 4 is 17.3 Å². The molecule has 1 saturated carbocycles. The van der Waals surface area contributed by atoms with Crippen LogP contribution in [0.15, 0.2) is 0 Å². The molecular formula is C22H36F2O3. The molecule has 1 fully saturated rings. The summed E-state index contributed by atoms with van der Waals surface area (Å²) in [6.45, 7) is 5.42. The molecule has 27 heavy (non-hydrogen) atoms. The molecule has 1 rings (SSSR count). The van der Waals surface area contributed by atoms with E-state index < -0.39 is 11.7 Å². The first-order valence-corrected chi connectivity index (χ1v) is 10.6. The second-order valence-corrected chi connectivity index (χ2v) is 8.34. The lowest BCUT2D eigenvalue weighted by atomic mass is 9.82. The van der Waals surface area contributed by atoms with Crippen molar-refractivity contribution in [2.24, 2.45) is 17.8 Å². The van der Waals surface area contributed by atoms with Crippen LogP contribution in [-0.2, 0) is 14.4 Å². The molecule has 0 aromatic rings. The highest BCUT2D eigenvalue weighted by atomic mass is 19.3. The number of hydrogen-bond donors (Lipinski definition) is 0. The van der Waals surface area contributed by atoms with E-state index in [0.29, 0.717) is 32.1 Å². The van der Waals surface area contributed by atoms with Crippen LogP contribution in [0.3, 0.4) is 0 Å². The lowest BCUT2D eigenvalue weighted by molar-refractivity contribution is -0.144. The number of rotatable bonds is 14. The number of halogens is 2. The van der Waals surface area contributed by atoms with E-state index in [1.54, 1.807) is 6.92 Å². The predicted molar refractivity (Wildman–Crippen MR) is 103 cm³/mol. The Bertz CT molecular complexity index is 502. The first-order chi connectivity index (χ1) is 12.7. The molecule has 1 aliphatic carbocycles. The van der Waals surface area contributed by atoms with E-state index in [1.165, 1.54) is 0 Å². The Labute approximate surface area is 162 Å². The summed E-state index contributed by atoms with van der Waals surface area (Å²) in [6.07, 6.45) is 6.52. The summed E-state index contributed by atoms with van der Waals surface area (Å²) in [4.78, 5) is 35.2. The summed E-state index contributed by atoms with van der Waals surface area (Å²) in [5.74, 6) is -3.65. The van der Waals surface area contributed by atoms with Crippen molar-refractivity contribution in [3.63, 3.8) is 0 Å². The number of unbranched alkanes of at least 4 members (excludes halogenated alkanes) is 4. The minimum atomic E-state index is -3.23. The van der Waals surface area contributed by atoms with Crippen LogP contribution in [0.1, 0.15) is 97.8 Å². The van der Waals surface area contributed by atoms with Gasteiger partial charge < -0.3 is 4.79 Å². The van der Waals surface area contributed by atoms with Gasteiger partial charge >= 0.3 is 5.92 Å². The molecule has 0 aromatic carbocycles. The van der Waals surface area contributed by atoms with Crippen molar-refractivity contribution in [3.05, 3.63) is 0 Å². The van der Waals surface area contributed by atoms with Gasteiger partial charge in [-0.1, -0.05) is 39.5 Å². The molecule has 0 aliphatic heterocycles. The minimum Gasteiger partial charge on any atom is -0.300 e. The number of alkyl halides is 2. The monoisotopic (exact) mass is 386 g/mol. The third-order valence-electron chi connectivity index (χ3n) is 5.94. The Morgan fingerprint density at radius 1 is 1.04 bits per heavy atom. The van der Waals surface area contributed by atoms with Crippen molar-refractivity contribution in [1.82, 2.24) is 0 Å². The standard InChI is InChI=1S/C22H36F2O3/c1-4-5-14-22(23,24)21(27)13-12-18-16(2)15-20(26)19(18)11-9-7-6-8-10-17(3)25/h16,18-19H,4-15H2,1-3H3/t16-,18+,19-/m1/s1. The molecule has 3 nitrogen and oxygen atoms in total. The molecule has 0 amide bonds. The van der Waals surface area contributed by atoms with Gasteiger partial charge in [-0.15, -0.1) is 0 Å². The van der Waals surface area contributed by atoms with Gasteiger partial charge in [0.1, 0.15) is 11.6 Å². The lowest BCUT2D eigenvalue weighted by Crippen LogP contribution is -2.29. The fourth-order valence-electron chi connectivity index (χ4n) is 4.23. The molecule has 5 heteroatoms. The van der Waals surface area contributed by atoms with Crippen LogP contribution in [0.25, 0.3) is 0 Å². The van der Waals surface area contributed by atoms with Gasteiger partial charge in [0.2, 0.25) is 5.78 Å². The van der Waals surface area contributed by atoms with E-state index in [4.69, 9.17) is 0 Å². The maximum Gasteiger partial charge on any atom is 0.305 e. The molecule has 3 atom stereocenters. The van der Waals surface area contributed by atoms with Gasteiger partial charge in [-0.3, -0.25) is 9.59 Å². The number of hydrogen-bond acceptors (Lipinski definition) is 3. The van der Waals surface area contributed by atoms with E-state index in [1.807, 2.05) is 13.8 Å². The zero-order valence-corrected chi connectivity index (χ0v) is 17.2. The van der Waals surface area contributed by atoms with E-state index >= 15 is 0 Å². The van der Waals surface area contributed by atoms with Crippen molar-refractivity contribution < 1.29 is 23.2 Å². The van der Waals surface area contributed by atoms with Crippen LogP contribution in [0.5, 0.6) is 0 Å². The maximum atomic E-state index is 13.9. The first kappa shape index (κ1) is 23.9. The summed E-state index contributed by atoms with van der Waals surface area (Å²) >= 11 is 0. The highest BCUT2D eigenvalue weighted by Crippen LogP contribution is 2.40. The third kappa shape index (κ3) is 8.18. The molecule has 0 saturated heterocycles. The largest absolute Gasteiger partial charge is 0.305 e. The van der Waals surface area contributed by atoms with Gasteiger partial charge in [-0.25, -0.2) is 0 Å². The number of Topliss-reactive ketones (excluding diaryl/α,β-unsaturated/α-hetero) is 3. The molecule has 0 aromatic heterocycles. The van der Waals surface area contributed by atoms with Gasteiger partial charge in [-0.05, 0) is 44.4 Å². The van der Waals surface area contributed by atoms with Crippen LogP contribution in [0, 0.1) is 17.8 Å². The Kier molecular flexibility index (Phi) is 10.3. The van der Waals surface area contributed by atoms with Crippen molar-refractivity contribution in [2.75, 3.05) is 0 Å². The molecule has 0 spiro atoms. The fraction of sp³-hybridized carbons (Fsp3) is 0.864. The van der Waals surface area contributed by atoms with Gasteiger partial charge in [-0.2, -0.15) is 8.78 Å². The van der Waals surface area contributed by atoms with E-state index in [-0.39, 0.29) is 42.2 Å². The molecule has 0 radical (unpaired) electrons. The van der Waals surface area contributed by atoms with Crippen LogP contribution < -0.4 is 0 Å². The minimum absolute atomic E-state index is 0.0423. The molecular weight excluding hydrogens is 350 g/mol. The van der Waals surface area contributed by atoms with E-state index in [2.05, 4.69) is 0 Å². The zero-order chi connectivity index (χ0) is 20.4. The maximum absolute atomic E-state index is 13.9. The van der Waals surface area contributed by atoms with Crippen LogP contribution >= 0.6 is 0 Å². The van der Waals surface area contributed by atoms with Gasteiger partial charge in [0, 0.05) is 31.6 Å². The van der Waals surface area contributed by atoms with Gasteiger partial charge in [0.05, 0.1) is 0 Å². The highest BCUT2D eigenvalue weighted by molar-refractivity contribution is 5.86. The number of ketones is 3. The van der Waals surface area contributed by atoms with E-state index in [9.17, 15) is 23.2 Å². The normalized spacial score (nSPS) is 23.0. The SMILES string of the molecule is CCCCC(F)(F)C(=O)CC[C@H]1[C@H](C)CC(=O)[C@@H]1CCCCCCC(C)=O. The summed E-state index contributed by atoms with van der Waals surface area (Å²) < 4.78 is 27.8. The first-order valence-electron chi connectivity index (χ1n) is 10.6. The third-order valence-corrected chi connectivity index (χ3v) is 5.94. The van der Waals surface area contributed by atoms with Crippen molar-refractivity contribution in [1.29, 1.82) is 0 Å². The highest BCUT2D eigenvalue weighted by Gasteiger charge is 2.42. The second kappa shape index (κ2) is 11.7. The average molecular weight is 387 g/mol. The van der Waals surface area contributed by atoms with Crippen molar-refractivity contribution in [3.8, 4) is 0 Å². The average Bonchev–Trinajstić information content (AvgIpc) is 2.86. The lowest BCUT2D eigenvalue weighted by Gasteiger charge is -2.23. The second-order valence-electron chi connectivity index (χ2n) is 8.34. The van der Waals surface area contributed by atoms with Crippen LogP contribution in [0.4, 0.5) is 8.78 Å². The smallest absolute Gasteiger partial charge is 0.300 e. The fourth-order valence-corrected chi connectivity index (χ4v) is 4.23. The molecule has 0 unspecified atom stereocenters. The van der Waals surface area contributed by atoms with Gasteiger partial charge in [0.15, 0.2) is 0 Å². The predicted octanol–water partition coefficient (Wildman–Crippen LogP) is 5.93. The summed E-state index contributed by atoms with van der Waals surface area (Å²) in [6, 6.07) is 0. The van der Waals surface area contributed by atoms with Gasteiger partial charge in [0.25, 0.3) is 0 Å². The molecule has 0 N–H and O–H groups in total. The van der Waals surface area contributed by atoms with Crippen molar-refractivity contribution in [2.45, 2.75) is 104 Å². The van der Waals surface area contributed by atoms with Crippen LogP contribution in [0.2, 0.25) is 0 Å². The Hall–Kier alpha value is -1.13. The topological polar surface area (TPSA) is 51.2 Å². The zero-order valence-electron chi connectivity index (χ0n) is 17.2. The molecule has 1 aliphatic rings. The summed E-state index contributed by atoms with van der Waals surface area (Å²) in [7, 11) is 0. The molecule has 156 valence electrons. The van der Waals surface area contributed by atoms with Crippen LogP contribution in [-0.4, -0.2) is 23.3 Å². The quantitative estimate of drug-likeness (QED) is 0.348. The molecule has 0 heterocycles.